The van der Waals surface area contributed by atoms with Crippen molar-refractivity contribution in [1.82, 2.24) is 4.98 Å². The van der Waals surface area contributed by atoms with E-state index in [4.69, 9.17) is 16.3 Å². The van der Waals surface area contributed by atoms with Crippen molar-refractivity contribution in [1.29, 1.82) is 0 Å². The molecule has 1 atom stereocenters. The highest BCUT2D eigenvalue weighted by Crippen LogP contribution is 2.34. The summed E-state index contributed by atoms with van der Waals surface area (Å²) in [5, 5.41) is 2.86. The number of anilines is 3. The zero-order valence-electron chi connectivity index (χ0n) is 19.0. The smallest absolute Gasteiger partial charge is 0.263 e. The molecule has 0 aliphatic rings. The highest BCUT2D eigenvalue weighted by atomic mass is 35.5. The van der Waals surface area contributed by atoms with E-state index in [1.54, 1.807) is 12.1 Å². The van der Waals surface area contributed by atoms with Crippen LogP contribution in [0.2, 0.25) is 5.02 Å². The van der Waals surface area contributed by atoms with Crippen LogP contribution in [0.3, 0.4) is 0 Å². The Balaban J connectivity index is 1.81. The standard InChI is InChI=1S/C22H23ClN4O6S2/c1-15(27(34(3,29)30)19-14-16(23)7-12-20(19)33-2)22(28)25-17-8-10-18(11-9-17)35(31,32)26-21-6-4-5-13-24-21/h4-15H,1-3H3,(H,24,26)(H,25,28)/t15-/m0/s1. The van der Waals surface area contributed by atoms with Gasteiger partial charge in [-0.25, -0.2) is 21.8 Å². The first kappa shape index (κ1) is 26.3. The predicted molar refractivity (Wildman–Crippen MR) is 135 cm³/mol. The summed E-state index contributed by atoms with van der Waals surface area (Å²) in [6.45, 7) is 1.41. The molecule has 0 bridgehead atoms. The van der Waals surface area contributed by atoms with E-state index in [0.29, 0.717) is 0 Å². The molecule has 0 unspecified atom stereocenters. The lowest BCUT2D eigenvalue weighted by Crippen LogP contribution is -2.45. The van der Waals surface area contributed by atoms with E-state index < -0.39 is 32.0 Å². The molecular formula is C22H23ClN4O6S2. The second-order valence-corrected chi connectivity index (χ2v) is 11.4. The molecule has 3 aromatic rings. The second kappa shape index (κ2) is 10.5. The zero-order valence-corrected chi connectivity index (χ0v) is 21.4. The Morgan fingerprint density at radius 1 is 1.06 bits per heavy atom. The van der Waals surface area contributed by atoms with E-state index in [2.05, 4.69) is 15.0 Å². The molecule has 186 valence electrons. The van der Waals surface area contributed by atoms with Gasteiger partial charge >= 0.3 is 0 Å². The minimum absolute atomic E-state index is 0.0457. The van der Waals surface area contributed by atoms with Gasteiger partial charge in [-0.05, 0) is 61.5 Å². The maximum Gasteiger partial charge on any atom is 0.263 e. The van der Waals surface area contributed by atoms with Gasteiger partial charge in [0.1, 0.15) is 17.6 Å². The van der Waals surface area contributed by atoms with Gasteiger partial charge in [0, 0.05) is 16.9 Å². The van der Waals surface area contributed by atoms with Crippen molar-refractivity contribution >= 4 is 54.7 Å². The van der Waals surface area contributed by atoms with E-state index in [1.807, 2.05) is 0 Å². The first-order valence-corrected chi connectivity index (χ1v) is 13.8. The van der Waals surface area contributed by atoms with Crippen molar-refractivity contribution in [3.63, 3.8) is 0 Å². The SMILES string of the molecule is COc1ccc(Cl)cc1N([C@@H](C)C(=O)Nc1ccc(S(=O)(=O)Nc2ccccn2)cc1)S(C)(=O)=O. The first-order valence-electron chi connectivity index (χ1n) is 10.1. The van der Waals surface area contributed by atoms with E-state index in [0.717, 1.165) is 10.6 Å². The van der Waals surface area contributed by atoms with Gasteiger partial charge in [-0.1, -0.05) is 17.7 Å². The van der Waals surface area contributed by atoms with Gasteiger partial charge in [0.05, 0.1) is 23.9 Å². The van der Waals surface area contributed by atoms with Crippen molar-refractivity contribution in [3.05, 3.63) is 71.9 Å². The number of hydrogen-bond acceptors (Lipinski definition) is 7. The molecule has 13 heteroatoms. The van der Waals surface area contributed by atoms with Gasteiger partial charge in [-0.2, -0.15) is 0 Å². The maximum absolute atomic E-state index is 13.0. The Morgan fingerprint density at radius 2 is 1.74 bits per heavy atom. The number of ether oxygens (including phenoxy) is 1. The number of carbonyl (C=O) groups excluding carboxylic acids is 1. The lowest BCUT2D eigenvalue weighted by molar-refractivity contribution is -0.116. The van der Waals surface area contributed by atoms with E-state index in [-0.39, 0.29) is 32.9 Å². The average Bonchev–Trinajstić information content (AvgIpc) is 2.79. The third-order valence-electron chi connectivity index (χ3n) is 4.80. The van der Waals surface area contributed by atoms with Crippen molar-refractivity contribution in [2.75, 3.05) is 27.7 Å². The fourth-order valence-electron chi connectivity index (χ4n) is 3.20. The highest BCUT2D eigenvalue weighted by molar-refractivity contribution is 7.92. The number of nitrogens with one attached hydrogen (secondary N) is 2. The van der Waals surface area contributed by atoms with Crippen molar-refractivity contribution in [2.24, 2.45) is 0 Å². The predicted octanol–water partition coefficient (Wildman–Crippen LogP) is 3.34. The summed E-state index contributed by atoms with van der Waals surface area (Å²) in [5.74, 6) is -0.273. The molecule has 0 aliphatic heterocycles. The fourth-order valence-corrected chi connectivity index (χ4v) is 5.54. The third kappa shape index (κ3) is 6.41. The molecule has 2 N–H and O–H groups in total. The molecular weight excluding hydrogens is 516 g/mol. The fraction of sp³-hybridized carbons (Fsp3) is 0.182. The molecule has 10 nitrogen and oxygen atoms in total. The largest absolute Gasteiger partial charge is 0.495 e. The molecule has 0 fully saturated rings. The molecule has 0 saturated heterocycles. The molecule has 1 amide bonds. The lowest BCUT2D eigenvalue weighted by atomic mass is 10.2. The van der Waals surface area contributed by atoms with Crippen LogP contribution in [0.25, 0.3) is 0 Å². The third-order valence-corrected chi connectivity index (χ3v) is 7.64. The number of halogens is 1. The molecule has 0 aliphatic carbocycles. The maximum atomic E-state index is 13.0. The van der Waals surface area contributed by atoms with Gasteiger partial charge in [-0.15, -0.1) is 0 Å². The minimum Gasteiger partial charge on any atom is -0.495 e. The summed E-state index contributed by atoms with van der Waals surface area (Å²) in [7, 11) is -6.44. The Bertz CT molecular complexity index is 1420. The topological polar surface area (TPSA) is 135 Å². The molecule has 3 rings (SSSR count). The number of benzene rings is 2. The summed E-state index contributed by atoms with van der Waals surface area (Å²) >= 11 is 6.05. The number of carbonyl (C=O) groups is 1. The summed E-state index contributed by atoms with van der Waals surface area (Å²) < 4.78 is 58.8. The normalized spacial score (nSPS) is 12.5. The number of amides is 1. The monoisotopic (exact) mass is 538 g/mol. The molecule has 1 aromatic heterocycles. The Hall–Kier alpha value is -3.35. The number of methoxy groups -OCH3 is 1. The van der Waals surface area contributed by atoms with Crippen LogP contribution in [0, 0.1) is 0 Å². The van der Waals surface area contributed by atoms with Crippen LogP contribution in [0.5, 0.6) is 5.75 Å². The lowest BCUT2D eigenvalue weighted by Gasteiger charge is -2.29. The van der Waals surface area contributed by atoms with Gasteiger partial charge in [-0.3, -0.25) is 13.8 Å². The van der Waals surface area contributed by atoms with E-state index in [1.165, 1.54) is 68.8 Å². The molecule has 2 aromatic carbocycles. The Morgan fingerprint density at radius 3 is 2.31 bits per heavy atom. The van der Waals surface area contributed by atoms with Crippen molar-refractivity contribution in [2.45, 2.75) is 17.9 Å². The Kier molecular flexibility index (Phi) is 7.88. The Labute approximate surface area is 209 Å². The quantitative estimate of drug-likeness (QED) is 0.426. The second-order valence-electron chi connectivity index (χ2n) is 7.39. The molecule has 35 heavy (non-hydrogen) atoms. The van der Waals surface area contributed by atoms with Crippen LogP contribution in [-0.2, 0) is 24.8 Å². The van der Waals surface area contributed by atoms with Crippen LogP contribution in [-0.4, -0.2) is 47.1 Å². The van der Waals surface area contributed by atoms with Gasteiger partial charge < -0.3 is 10.1 Å². The first-order chi connectivity index (χ1) is 16.4. The number of nitrogens with zero attached hydrogens (tertiary/aromatic N) is 2. The zero-order chi connectivity index (χ0) is 25.8. The summed E-state index contributed by atoms with van der Waals surface area (Å²) in [6.07, 6.45) is 2.42. The average molecular weight is 539 g/mol. The van der Waals surface area contributed by atoms with Gasteiger partial charge in [0.15, 0.2) is 0 Å². The summed E-state index contributed by atoms with van der Waals surface area (Å²) in [4.78, 5) is 16.8. The number of rotatable bonds is 9. The van der Waals surface area contributed by atoms with Crippen LogP contribution in [0.1, 0.15) is 6.92 Å². The molecule has 0 saturated carbocycles. The van der Waals surface area contributed by atoms with Crippen molar-refractivity contribution < 1.29 is 26.4 Å². The number of sulfonamides is 2. The highest BCUT2D eigenvalue weighted by Gasteiger charge is 2.31. The van der Waals surface area contributed by atoms with Crippen LogP contribution in [0.15, 0.2) is 71.8 Å². The molecule has 1 heterocycles. The summed E-state index contributed by atoms with van der Waals surface area (Å²) in [6, 6.07) is 13.4. The molecule has 0 spiro atoms. The van der Waals surface area contributed by atoms with Crippen LogP contribution < -0.4 is 19.1 Å². The molecule has 0 radical (unpaired) electrons. The van der Waals surface area contributed by atoms with Gasteiger partial charge in [0.2, 0.25) is 15.9 Å². The minimum atomic E-state index is -3.92. The summed E-state index contributed by atoms with van der Waals surface area (Å²) in [5.41, 5.74) is 0.373. The van der Waals surface area contributed by atoms with Crippen molar-refractivity contribution in [3.8, 4) is 5.75 Å². The van der Waals surface area contributed by atoms with E-state index in [9.17, 15) is 21.6 Å². The van der Waals surface area contributed by atoms with Crippen LogP contribution in [0.4, 0.5) is 17.2 Å². The van der Waals surface area contributed by atoms with Gasteiger partial charge in [0.25, 0.3) is 10.0 Å². The number of aromatic nitrogens is 1. The van der Waals surface area contributed by atoms with Crippen LogP contribution >= 0.6 is 11.6 Å². The number of pyridine rings is 1. The van der Waals surface area contributed by atoms with E-state index >= 15 is 0 Å². The number of hydrogen-bond donors (Lipinski definition) is 2.